The van der Waals surface area contributed by atoms with E-state index in [4.69, 9.17) is 0 Å². The van der Waals surface area contributed by atoms with Crippen molar-refractivity contribution in [3.8, 4) is 0 Å². The fraction of sp³-hybridized carbons (Fsp3) is 0.423. The third-order valence-corrected chi connectivity index (χ3v) is 9.10. The molecule has 2 unspecified atom stereocenters. The summed E-state index contributed by atoms with van der Waals surface area (Å²) in [4.78, 5) is 42.3. The minimum Gasteiger partial charge on any atom is -0.370 e. The Balaban J connectivity index is 1.29. The predicted molar refractivity (Wildman–Crippen MR) is 132 cm³/mol. The van der Waals surface area contributed by atoms with Crippen LogP contribution in [0, 0.1) is 5.92 Å². The van der Waals surface area contributed by atoms with Crippen molar-refractivity contribution in [1.82, 2.24) is 10.2 Å². The second kappa shape index (κ2) is 9.72. The second-order valence-corrected chi connectivity index (χ2v) is 12.2. The van der Waals surface area contributed by atoms with E-state index in [2.05, 4.69) is 5.32 Å². The number of imide groups is 1. The summed E-state index contributed by atoms with van der Waals surface area (Å²) in [5.74, 6) is -2.12. The zero-order valence-electron chi connectivity index (χ0n) is 20.3. The highest BCUT2D eigenvalue weighted by atomic mass is 32.2. The SMILES string of the molecule is O=C(NCc1cccc(C(F)(F)F)c1)C1CCCN(c2cccc3c2C(=O)N(C2CCS(=O)(=O)C2)C3=O)C1. The van der Waals surface area contributed by atoms with E-state index in [-0.39, 0.29) is 48.1 Å². The van der Waals surface area contributed by atoms with Gasteiger partial charge in [-0.3, -0.25) is 19.3 Å². The lowest BCUT2D eigenvalue weighted by molar-refractivity contribution is -0.137. The molecule has 0 spiro atoms. The molecule has 0 radical (unpaired) electrons. The lowest BCUT2D eigenvalue weighted by Gasteiger charge is -2.34. The quantitative estimate of drug-likeness (QED) is 0.576. The Labute approximate surface area is 217 Å². The normalized spacial score (nSPS) is 23.0. The topological polar surface area (TPSA) is 104 Å². The summed E-state index contributed by atoms with van der Waals surface area (Å²) >= 11 is 0. The van der Waals surface area contributed by atoms with Crippen LogP contribution < -0.4 is 10.2 Å². The van der Waals surface area contributed by atoms with Gasteiger partial charge < -0.3 is 10.2 Å². The van der Waals surface area contributed by atoms with E-state index in [9.17, 15) is 36.0 Å². The third kappa shape index (κ3) is 5.01. The lowest BCUT2D eigenvalue weighted by atomic mass is 9.95. The van der Waals surface area contributed by atoms with E-state index in [1.165, 1.54) is 12.1 Å². The average molecular weight is 550 g/mol. The van der Waals surface area contributed by atoms with Crippen molar-refractivity contribution >= 4 is 33.2 Å². The number of halogens is 3. The molecule has 3 heterocycles. The molecule has 3 amide bonds. The van der Waals surface area contributed by atoms with Crippen LogP contribution in [-0.4, -0.2) is 61.7 Å². The Hall–Kier alpha value is -3.41. The number of piperidine rings is 1. The summed E-state index contributed by atoms with van der Waals surface area (Å²) in [7, 11) is -3.31. The smallest absolute Gasteiger partial charge is 0.370 e. The van der Waals surface area contributed by atoms with Gasteiger partial charge in [0.15, 0.2) is 9.84 Å². The molecule has 0 aromatic heterocycles. The minimum absolute atomic E-state index is 0.0494. The maximum Gasteiger partial charge on any atom is 0.416 e. The number of nitrogens with zero attached hydrogens (tertiary/aromatic N) is 2. The first-order valence-corrected chi connectivity index (χ1v) is 14.2. The number of carbonyl (C=O) groups excluding carboxylic acids is 3. The van der Waals surface area contributed by atoms with E-state index in [0.717, 1.165) is 17.0 Å². The van der Waals surface area contributed by atoms with Gasteiger partial charge in [0.1, 0.15) is 0 Å². The Bertz CT molecular complexity index is 1410. The van der Waals surface area contributed by atoms with E-state index < -0.39 is 45.4 Å². The molecule has 0 saturated carbocycles. The molecule has 2 aromatic rings. The van der Waals surface area contributed by atoms with Crippen molar-refractivity contribution < 1.29 is 36.0 Å². The molecule has 12 heteroatoms. The Kier molecular flexibility index (Phi) is 6.70. The number of nitrogens with one attached hydrogen (secondary N) is 1. The Morgan fingerprint density at radius 1 is 1.05 bits per heavy atom. The molecule has 0 aliphatic carbocycles. The standard InChI is InChI=1S/C26H26F3N3O5S/c27-26(28,29)18-6-1-4-16(12-18)13-30-23(33)17-5-3-10-31(14-17)21-8-2-7-20-22(21)25(35)32(24(20)34)19-9-11-38(36,37)15-19/h1-2,4,6-8,12,17,19H,3,5,9-11,13-15H2,(H,30,33). The van der Waals surface area contributed by atoms with E-state index in [1.54, 1.807) is 18.2 Å². The summed E-state index contributed by atoms with van der Waals surface area (Å²) in [6, 6.07) is 9.01. The second-order valence-electron chi connectivity index (χ2n) is 9.94. The van der Waals surface area contributed by atoms with Gasteiger partial charge in [0, 0.05) is 19.6 Å². The molecule has 2 fully saturated rings. The van der Waals surface area contributed by atoms with Crippen LogP contribution in [0.15, 0.2) is 42.5 Å². The number of carbonyl (C=O) groups is 3. The molecule has 2 aromatic carbocycles. The fourth-order valence-electron chi connectivity index (χ4n) is 5.46. The summed E-state index contributed by atoms with van der Waals surface area (Å²) in [5.41, 5.74) is 0.494. The van der Waals surface area contributed by atoms with Crippen molar-refractivity contribution in [2.24, 2.45) is 5.92 Å². The van der Waals surface area contributed by atoms with Gasteiger partial charge in [0.25, 0.3) is 11.8 Å². The van der Waals surface area contributed by atoms with Gasteiger partial charge in [-0.2, -0.15) is 13.2 Å². The van der Waals surface area contributed by atoms with Gasteiger partial charge in [-0.1, -0.05) is 18.2 Å². The maximum absolute atomic E-state index is 13.4. The Morgan fingerprint density at radius 3 is 2.53 bits per heavy atom. The van der Waals surface area contributed by atoms with Crippen LogP contribution in [0.1, 0.15) is 51.1 Å². The molecule has 38 heavy (non-hydrogen) atoms. The number of hydrogen-bond donors (Lipinski definition) is 1. The molecule has 1 N–H and O–H groups in total. The highest BCUT2D eigenvalue weighted by Crippen LogP contribution is 2.36. The number of sulfone groups is 1. The number of rotatable bonds is 5. The van der Waals surface area contributed by atoms with Crippen LogP contribution in [0.4, 0.5) is 18.9 Å². The molecule has 202 valence electrons. The molecule has 2 atom stereocenters. The first kappa shape index (κ1) is 26.2. The first-order valence-electron chi connectivity index (χ1n) is 12.3. The van der Waals surface area contributed by atoms with Crippen LogP contribution in [0.2, 0.25) is 0 Å². The largest absolute Gasteiger partial charge is 0.416 e. The van der Waals surface area contributed by atoms with E-state index >= 15 is 0 Å². The zero-order chi connectivity index (χ0) is 27.2. The number of alkyl halides is 3. The van der Waals surface area contributed by atoms with Gasteiger partial charge in [0.2, 0.25) is 5.91 Å². The number of benzene rings is 2. The molecule has 3 aliphatic rings. The number of fused-ring (bicyclic) bond motifs is 1. The maximum atomic E-state index is 13.4. The molecular formula is C26H26F3N3O5S. The van der Waals surface area contributed by atoms with Crippen molar-refractivity contribution in [2.75, 3.05) is 29.5 Å². The Morgan fingerprint density at radius 2 is 1.82 bits per heavy atom. The van der Waals surface area contributed by atoms with Crippen LogP contribution in [-0.2, 0) is 27.4 Å². The van der Waals surface area contributed by atoms with Crippen molar-refractivity contribution in [3.05, 3.63) is 64.7 Å². The van der Waals surface area contributed by atoms with Gasteiger partial charge in [-0.15, -0.1) is 0 Å². The summed E-state index contributed by atoms with van der Waals surface area (Å²) in [6.45, 7) is 0.767. The highest BCUT2D eigenvalue weighted by Gasteiger charge is 2.46. The first-order chi connectivity index (χ1) is 17.9. The predicted octanol–water partition coefficient (Wildman–Crippen LogP) is 3.02. The minimum atomic E-state index is -4.47. The van der Waals surface area contributed by atoms with Crippen LogP contribution >= 0.6 is 0 Å². The van der Waals surface area contributed by atoms with Crippen LogP contribution in [0.25, 0.3) is 0 Å². The van der Waals surface area contributed by atoms with Crippen molar-refractivity contribution in [2.45, 2.75) is 38.0 Å². The summed E-state index contributed by atoms with van der Waals surface area (Å²) < 4.78 is 62.9. The molecule has 8 nitrogen and oxygen atoms in total. The number of anilines is 1. The van der Waals surface area contributed by atoms with E-state index in [1.807, 2.05) is 4.90 Å². The van der Waals surface area contributed by atoms with Crippen molar-refractivity contribution in [3.63, 3.8) is 0 Å². The van der Waals surface area contributed by atoms with Gasteiger partial charge >= 0.3 is 6.18 Å². The molecule has 2 saturated heterocycles. The molecular weight excluding hydrogens is 523 g/mol. The molecule has 3 aliphatic heterocycles. The summed E-state index contributed by atoms with van der Waals surface area (Å²) in [5, 5.41) is 2.72. The van der Waals surface area contributed by atoms with Gasteiger partial charge in [-0.25, -0.2) is 8.42 Å². The number of hydrogen-bond acceptors (Lipinski definition) is 6. The van der Waals surface area contributed by atoms with Crippen molar-refractivity contribution in [1.29, 1.82) is 0 Å². The fourth-order valence-corrected chi connectivity index (χ4v) is 7.16. The number of amides is 3. The monoisotopic (exact) mass is 549 g/mol. The van der Waals surface area contributed by atoms with E-state index in [0.29, 0.717) is 30.6 Å². The average Bonchev–Trinajstić information content (AvgIpc) is 3.37. The third-order valence-electron chi connectivity index (χ3n) is 7.35. The highest BCUT2D eigenvalue weighted by molar-refractivity contribution is 7.91. The van der Waals surface area contributed by atoms with Gasteiger partial charge in [0.05, 0.1) is 45.8 Å². The van der Waals surface area contributed by atoms with Crippen LogP contribution in [0.5, 0.6) is 0 Å². The van der Waals surface area contributed by atoms with Gasteiger partial charge in [-0.05, 0) is 49.1 Å². The molecule has 5 rings (SSSR count). The van der Waals surface area contributed by atoms with Crippen LogP contribution in [0.3, 0.4) is 0 Å². The molecule has 0 bridgehead atoms. The summed E-state index contributed by atoms with van der Waals surface area (Å²) in [6.07, 6.45) is -3.06. The lowest BCUT2D eigenvalue weighted by Crippen LogP contribution is -2.44. The zero-order valence-corrected chi connectivity index (χ0v) is 21.1.